The number of nitrogens with zero attached hydrogens (tertiary/aromatic N) is 3. The summed E-state index contributed by atoms with van der Waals surface area (Å²) in [6, 6.07) is 1.50. The highest BCUT2D eigenvalue weighted by molar-refractivity contribution is 5.93. The van der Waals surface area contributed by atoms with E-state index in [4.69, 9.17) is 0 Å². The summed E-state index contributed by atoms with van der Waals surface area (Å²) in [5.74, 6) is -0.0324. The summed E-state index contributed by atoms with van der Waals surface area (Å²) < 4.78 is 38.5. The SMILES string of the molecule is CC(C)C1N(C(=O)c2ccnn2CC(F)(F)F)CC12CCC2. The Morgan fingerprint density at radius 1 is 1.45 bits per heavy atom. The van der Waals surface area contributed by atoms with Gasteiger partial charge in [-0.3, -0.25) is 9.48 Å². The van der Waals surface area contributed by atoms with Gasteiger partial charge in [0.2, 0.25) is 0 Å². The van der Waals surface area contributed by atoms with Crippen molar-refractivity contribution in [2.45, 2.75) is 51.9 Å². The molecule has 2 aliphatic rings. The quantitative estimate of drug-likeness (QED) is 0.859. The van der Waals surface area contributed by atoms with Crippen LogP contribution in [0.4, 0.5) is 13.2 Å². The minimum atomic E-state index is -4.39. The van der Waals surface area contributed by atoms with Crippen molar-refractivity contribution < 1.29 is 18.0 Å². The standard InChI is InChI=1S/C15H20F3N3O/c1-10(2)12-14(5-3-6-14)8-20(12)13(22)11-4-7-19-21(11)9-15(16,17)18/h4,7,10,12H,3,5-6,8-9H2,1-2H3. The fourth-order valence-corrected chi connectivity index (χ4v) is 4.06. The Labute approximate surface area is 127 Å². The molecule has 2 fully saturated rings. The molecule has 1 spiro atoms. The van der Waals surface area contributed by atoms with Crippen molar-refractivity contribution in [2.24, 2.45) is 11.3 Å². The fourth-order valence-electron chi connectivity index (χ4n) is 4.06. The van der Waals surface area contributed by atoms with Crippen LogP contribution in [0.3, 0.4) is 0 Å². The lowest BCUT2D eigenvalue weighted by atomic mass is 9.55. The summed E-state index contributed by atoms with van der Waals surface area (Å²) in [7, 11) is 0. The molecule has 1 aliphatic heterocycles. The van der Waals surface area contributed by atoms with E-state index in [0.29, 0.717) is 12.5 Å². The first kappa shape index (κ1) is 15.4. The smallest absolute Gasteiger partial charge is 0.333 e. The molecule has 1 aromatic heterocycles. The number of halogens is 3. The molecule has 1 saturated heterocycles. The zero-order valence-corrected chi connectivity index (χ0v) is 12.7. The van der Waals surface area contributed by atoms with Crippen molar-refractivity contribution in [1.29, 1.82) is 0 Å². The van der Waals surface area contributed by atoms with Crippen LogP contribution in [0.25, 0.3) is 0 Å². The number of likely N-dealkylation sites (tertiary alicyclic amines) is 1. The first-order valence-electron chi connectivity index (χ1n) is 7.63. The van der Waals surface area contributed by atoms with Crippen molar-refractivity contribution in [3.63, 3.8) is 0 Å². The molecule has 0 aromatic carbocycles. The predicted octanol–water partition coefficient (Wildman–Crippen LogP) is 3.10. The first-order valence-corrected chi connectivity index (χ1v) is 7.63. The van der Waals surface area contributed by atoms with Crippen LogP contribution < -0.4 is 0 Å². The van der Waals surface area contributed by atoms with E-state index in [2.05, 4.69) is 18.9 Å². The van der Waals surface area contributed by atoms with Crippen molar-refractivity contribution in [3.8, 4) is 0 Å². The van der Waals surface area contributed by atoms with Crippen LogP contribution in [0.2, 0.25) is 0 Å². The van der Waals surface area contributed by atoms with Crippen LogP contribution in [0.1, 0.15) is 43.6 Å². The molecule has 0 radical (unpaired) electrons. The Hall–Kier alpha value is -1.53. The summed E-state index contributed by atoms with van der Waals surface area (Å²) in [4.78, 5) is 14.4. The maximum Gasteiger partial charge on any atom is 0.408 e. The number of aromatic nitrogens is 2. The maximum atomic E-state index is 12.6. The van der Waals surface area contributed by atoms with Gasteiger partial charge in [0.25, 0.3) is 5.91 Å². The van der Waals surface area contributed by atoms with Crippen molar-refractivity contribution in [1.82, 2.24) is 14.7 Å². The van der Waals surface area contributed by atoms with E-state index < -0.39 is 12.7 Å². The van der Waals surface area contributed by atoms with E-state index in [1.165, 1.54) is 18.7 Å². The zero-order valence-electron chi connectivity index (χ0n) is 12.7. The highest BCUT2D eigenvalue weighted by Gasteiger charge is 2.58. The minimum absolute atomic E-state index is 0.0251. The third kappa shape index (κ3) is 2.40. The van der Waals surface area contributed by atoms with E-state index >= 15 is 0 Å². The van der Waals surface area contributed by atoms with E-state index in [0.717, 1.165) is 17.5 Å². The molecule has 1 amide bonds. The molecule has 22 heavy (non-hydrogen) atoms. The lowest BCUT2D eigenvalue weighted by molar-refractivity contribution is -0.143. The minimum Gasteiger partial charge on any atom is -0.333 e. The van der Waals surface area contributed by atoms with Crippen LogP contribution in [0.5, 0.6) is 0 Å². The lowest BCUT2D eigenvalue weighted by Gasteiger charge is -2.64. The highest BCUT2D eigenvalue weighted by Crippen LogP contribution is 2.55. The van der Waals surface area contributed by atoms with Gasteiger partial charge in [-0.05, 0) is 24.8 Å². The van der Waals surface area contributed by atoms with Gasteiger partial charge in [0, 0.05) is 24.2 Å². The third-order valence-corrected chi connectivity index (χ3v) is 4.95. The zero-order chi connectivity index (χ0) is 16.1. The Morgan fingerprint density at radius 2 is 2.14 bits per heavy atom. The largest absolute Gasteiger partial charge is 0.408 e. The number of carbonyl (C=O) groups is 1. The van der Waals surface area contributed by atoms with E-state index in [1.807, 2.05) is 0 Å². The third-order valence-electron chi connectivity index (χ3n) is 4.95. The van der Waals surface area contributed by atoms with E-state index in [1.54, 1.807) is 4.90 Å². The van der Waals surface area contributed by atoms with Gasteiger partial charge >= 0.3 is 6.18 Å². The number of hydrogen-bond donors (Lipinski definition) is 0. The molecular weight excluding hydrogens is 295 g/mol. The molecule has 1 aromatic rings. The molecule has 1 unspecified atom stereocenters. The molecule has 1 aliphatic carbocycles. The number of carbonyl (C=O) groups excluding carboxylic acids is 1. The van der Waals surface area contributed by atoms with E-state index in [-0.39, 0.29) is 23.1 Å². The molecule has 122 valence electrons. The summed E-state index contributed by atoms with van der Waals surface area (Å²) in [5, 5.41) is 3.65. The van der Waals surface area contributed by atoms with Crippen LogP contribution in [0.15, 0.2) is 12.3 Å². The Balaban J connectivity index is 1.79. The van der Waals surface area contributed by atoms with Crippen LogP contribution in [0, 0.1) is 11.3 Å². The molecule has 1 saturated carbocycles. The summed E-state index contributed by atoms with van der Waals surface area (Å²) >= 11 is 0. The van der Waals surface area contributed by atoms with Crippen molar-refractivity contribution in [3.05, 3.63) is 18.0 Å². The number of amides is 1. The van der Waals surface area contributed by atoms with E-state index in [9.17, 15) is 18.0 Å². The molecule has 7 heteroatoms. The molecule has 0 N–H and O–H groups in total. The molecule has 0 bridgehead atoms. The second kappa shape index (κ2) is 4.99. The second-order valence-corrected chi connectivity index (χ2v) is 6.83. The summed E-state index contributed by atoms with van der Waals surface area (Å²) in [6.07, 6.45) is 0.269. The number of hydrogen-bond acceptors (Lipinski definition) is 2. The Kier molecular flexibility index (Phi) is 3.49. The van der Waals surface area contributed by atoms with Crippen LogP contribution in [-0.4, -0.2) is 39.4 Å². The molecule has 3 rings (SSSR count). The molecule has 1 atom stereocenters. The first-order chi connectivity index (χ1) is 10.2. The maximum absolute atomic E-state index is 12.6. The average molecular weight is 315 g/mol. The topological polar surface area (TPSA) is 38.1 Å². The van der Waals surface area contributed by atoms with Gasteiger partial charge in [0.05, 0.1) is 0 Å². The molecular formula is C15H20F3N3O. The fraction of sp³-hybridized carbons (Fsp3) is 0.733. The number of rotatable bonds is 3. The molecule has 2 heterocycles. The van der Waals surface area contributed by atoms with Crippen molar-refractivity contribution >= 4 is 5.91 Å². The normalized spacial score (nSPS) is 23.5. The van der Waals surface area contributed by atoms with Gasteiger partial charge in [-0.1, -0.05) is 20.3 Å². The van der Waals surface area contributed by atoms with Crippen LogP contribution >= 0.6 is 0 Å². The van der Waals surface area contributed by atoms with Crippen molar-refractivity contribution in [2.75, 3.05) is 6.54 Å². The van der Waals surface area contributed by atoms with Crippen LogP contribution in [-0.2, 0) is 6.54 Å². The van der Waals surface area contributed by atoms with Gasteiger partial charge < -0.3 is 4.90 Å². The van der Waals surface area contributed by atoms with Gasteiger partial charge in [-0.25, -0.2) is 0 Å². The summed E-state index contributed by atoms with van der Waals surface area (Å²) in [6.45, 7) is 3.56. The Morgan fingerprint density at radius 3 is 2.64 bits per heavy atom. The Bertz CT molecular complexity index is 575. The van der Waals surface area contributed by atoms with Gasteiger partial charge in [0.15, 0.2) is 0 Å². The molecule has 4 nitrogen and oxygen atoms in total. The second-order valence-electron chi connectivity index (χ2n) is 6.83. The summed E-state index contributed by atoms with van der Waals surface area (Å²) in [5.41, 5.74) is 0.232. The van der Waals surface area contributed by atoms with Gasteiger partial charge in [-0.2, -0.15) is 18.3 Å². The van der Waals surface area contributed by atoms with Gasteiger partial charge in [-0.15, -0.1) is 0 Å². The lowest BCUT2D eigenvalue weighted by Crippen LogP contribution is -2.70. The number of alkyl halides is 3. The average Bonchev–Trinajstić information content (AvgIpc) is 2.70. The van der Waals surface area contributed by atoms with Gasteiger partial charge in [0.1, 0.15) is 12.2 Å². The predicted molar refractivity (Wildman–Crippen MR) is 74.2 cm³/mol. The highest BCUT2D eigenvalue weighted by atomic mass is 19.4. The monoisotopic (exact) mass is 315 g/mol.